The average Bonchev–Trinajstić information content (AvgIpc) is 3.18. The number of nitriles is 1. The van der Waals surface area contributed by atoms with Crippen LogP contribution in [-0.4, -0.2) is 38.9 Å². The number of fused-ring (bicyclic) bond motifs is 1. The van der Waals surface area contributed by atoms with Crippen molar-refractivity contribution in [2.75, 3.05) is 18.0 Å². The molecule has 0 radical (unpaired) electrons. The number of nitrogens with zero attached hydrogens (tertiary/aromatic N) is 6. The van der Waals surface area contributed by atoms with E-state index in [-0.39, 0.29) is 6.04 Å². The van der Waals surface area contributed by atoms with Gasteiger partial charge in [-0.1, -0.05) is 18.2 Å². The van der Waals surface area contributed by atoms with Crippen LogP contribution < -0.4 is 10.6 Å². The molecule has 1 aliphatic heterocycles. The van der Waals surface area contributed by atoms with Crippen LogP contribution >= 0.6 is 0 Å². The number of aryl methyl sites for hydroxylation is 1. The summed E-state index contributed by atoms with van der Waals surface area (Å²) in [5.41, 5.74) is 11.2. The van der Waals surface area contributed by atoms with Crippen molar-refractivity contribution < 1.29 is 0 Å². The number of aromatic nitrogens is 4. The summed E-state index contributed by atoms with van der Waals surface area (Å²) in [6, 6.07) is 16.1. The Morgan fingerprint density at radius 3 is 2.52 bits per heavy atom. The molecule has 1 saturated heterocycles. The number of nitrogens with two attached hydrogens (primary N) is 1. The summed E-state index contributed by atoms with van der Waals surface area (Å²) in [6.45, 7) is 1.76. The van der Waals surface area contributed by atoms with Gasteiger partial charge in [-0.05, 0) is 37.1 Å². The van der Waals surface area contributed by atoms with E-state index in [1.54, 1.807) is 0 Å². The SMILES string of the molecule is Cn1cc2cc(-c3ncc(N4CCC(N)CC4)nc3-c3ccc(C#N)cc3)ccc2n1. The topological polar surface area (TPSA) is 96.6 Å². The molecule has 1 aliphatic rings. The Morgan fingerprint density at radius 1 is 1.03 bits per heavy atom. The molecule has 7 nitrogen and oxygen atoms in total. The van der Waals surface area contributed by atoms with Crippen molar-refractivity contribution in [1.82, 2.24) is 19.7 Å². The molecule has 1 fully saturated rings. The molecule has 7 heteroatoms. The Labute approximate surface area is 180 Å². The number of anilines is 1. The fourth-order valence-corrected chi connectivity index (χ4v) is 4.07. The summed E-state index contributed by atoms with van der Waals surface area (Å²) in [4.78, 5) is 12.1. The summed E-state index contributed by atoms with van der Waals surface area (Å²) in [7, 11) is 1.92. The Balaban J connectivity index is 1.62. The predicted molar refractivity (Wildman–Crippen MR) is 121 cm³/mol. The van der Waals surface area contributed by atoms with Gasteiger partial charge in [0.15, 0.2) is 0 Å². The first-order valence-electron chi connectivity index (χ1n) is 10.4. The van der Waals surface area contributed by atoms with Gasteiger partial charge in [0.2, 0.25) is 0 Å². The van der Waals surface area contributed by atoms with E-state index in [4.69, 9.17) is 21.0 Å². The van der Waals surface area contributed by atoms with Crippen LogP contribution in [0.3, 0.4) is 0 Å². The summed E-state index contributed by atoms with van der Waals surface area (Å²) < 4.78 is 1.81. The molecule has 0 saturated carbocycles. The van der Waals surface area contributed by atoms with Crippen molar-refractivity contribution in [2.24, 2.45) is 12.8 Å². The first-order valence-corrected chi connectivity index (χ1v) is 10.4. The highest BCUT2D eigenvalue weighted by Gasteiger charge is 2.20. The van der Waals surface area contributed by atoms with Crippen LogP contribution in [0.1, 0.15) is 18.4 Å². The average molecular weight is 409 g/mol. The van der Waals surface area contributed by atoms with Gasteiger partial charge in [0, 0.05) is 48.9 Å². The molecule has 2 N–H and O–H groups in total. The fourth-order valence-electron chi connectivity index (χ4n) is 4.07. The van der Waals surface area contributed by atoms with Gasteiger partial charge in [-0.25, -0.2) is 4.98 Å². The number of piperidine rings is 1. The second kappa shape index (κ2) is 7.82. The molecule has 0 atom stereocenters. The van der Waals surface area contributed by atoms with Crippen LogP contribution in [0, 0.1) is 11.3 Å². The molecule has 0 bridgehead atoms. The van der Waals surface area contributed by atoms with Crippen molar-refractivity contribution in [2.45, 2.75) is 18.9 Å². The molecule has 2 aromatic carbocycles. The zero-order valence-corrected chi connectivity index (χ0v) is 17.4. The van der Waals surface area contributed by atoms with Crippen LogP contribution in [0.25, 0.3) is 33.4 Å². The molecule has 0 aliphatic carbocycles. The lowest BCUT2D eigenvalue weighted by molar-refractivity contribution is 0.498. The van der Waals surface area contributed by atoms with Gasteiger partial charge < -0.3 is 10.6 Å². The van der Waals surface area contributed by atoms with Crippen LogP contribution in [0.2, 0.25) is 0 Å². The smallest absolute Gasteiger partial charge is 0.147 e. The number of rotatable bonds is 3. The van der Waals surface area contributed by atoms with Crippen molar-refractivity contribution >= 4 is 16.7 Å². The molecule has 2 aromatic heterocycles. The summed E-state index contributed by atoms with van der Waals surface area (Å²) in [5, 5.41) is 14.7. The quantitative estimate of drug-likeness (QED) is 0.556. The predicted octanol–water partition coefficient (Wildman–Crippen LogP) is 3.50. The van der Waals surface area contributed by atoms with Crippen molar-refractivity contribution in [3.05, 3.63) is 60.4 Å². The minimum absolute atomic E-state index is 0.257. The van der Waals surface area contributed by atoms with Gasteiger partial charge in [0.25, 0.3) is 0 Å². The maximum atomic E-state index is 9.17. The second-order valence-corrected chi connectivity index (χ2v) is 8.02. The lowest BCUT2D eigenvalue weighted by atomic mass is 10.0. The number of benzene rings is 2. The van der Waals surface area contributed by atoms with Crippen molar-refractivity contribution in [3.63, 3.8) is 0 Å². The maximum Gasteiger partial charge on any atom is 0.147 e. The summed E-state index contributed by atoms with van der Waals surface area (Å²) >= 11 is 0. The first-order chi connectivity index (χ1) is 15.1. The third-order valence-electron chi connectivity index (χ3n) is 5.80. The summed E-state index contributed by atoms with van der Waals surface area (Å²) in [6.07, 6.45) is 5.76. The molecular formula is C24H23N7. The van der Waals surface area contributed by atoms with E-state index >= 15 is 0 Å². The normalized spacial score (nSPS) is 14.7. The van der Waals surface area contributed by atoms with E-state index in [9.17, 15) is 0 Å². The zero-order chi connectivity index (χ0) is 21.4. The van der Waals surface area contributed by atoms with Gasteiger partial charge in [0.05, 0.1) is 34.7 Å². The fraction of sp³-hybridized carbons (Fsp3) is 0.250. The summed E-state index contributed by atoms with van der Waals surface area (Å²) in [5.74, 6) is 0.859. The highest BCUT2D eigenvalue weighted by Crippen LogP contribution is 2.32. The van der Waals surface area contributed by atoms with Crippen LogP contribution in [0.4, 0.5) is 5.82 Å². The third-order valence-corrected chi connectivity index (χ3v) is 5.80. The Morgan fingerprint density at radius 2 is 1.77 bits per heavy atom. The standard InChI is InChI=1S/C24H23N7/c1-30-15-19-12-18(6-7-21(19)29-30)23-24(17-4-2-16(13-25)3-5-17)28-22(14-27-23)31-10-8-20(26)9-11-31/h2-7,12,14-15,20H,8-11,26H2,1H3. The zero-order valence-electron chi connectivity index (χ0n) is 17.4. The van der Waals surface area contributed by atoms with Gasteiger partial charge in [-0.3, -0.25) is 9.67 Å². The van der Waals surface area contributed by atoms with Crippen LogP contribution in [0.15, 0.2) is 54.9 Å². The highest BCUT2D eigenvalue weighted by atomic mass is 15.2. The third kappa shape index (κ3) is 3.74. The van der Waals surface area contributed by atoms with Gasteiger partial charge >= 0.3 is 0 Å². The van der Waals surface area contributed by atoms with E-state index in [1.165, 1.54) is 0 Å². The Kier molecular flexibility index (Phi) is 4.85. The molecule has 0 unspecified atom stereocenters. The largest absolute Gasteiger partial charge is 0.355 e. The minimum Gasteiger partial charge on any atom is -0.355 e. The highest BCUT2D eigenvalue weighted by molar-refractivity contribution is 5.87. The van der Waals surface area contributed by atoms with E-state index in [1.807, 2.05) is 60.5 Å². The molecule has 3 heterocycles. The van der Waals surface area contributed by atoms with Gasteiger partial charge in [0.1, 0.15) is 5.82 Å². The maximum absolute atomic E-state index is 9.17. The first kappa shape index (κ1) is 19.2. The molecule has 31 heavy (non-hydrogen) atoms. The number of hydrogen-bond acceptors (Lipinski definition) is 6. The molecule has 154 valence electrons. The van der Waals surface area contributed by atoms with E-state index in [2.05, 4.69) is 22.1 Å². The van der Waals surface area contributed by atoms with Gasteiger partial charge in [-0.15, -0.1) is 0 Å². The van der Waals surface area contributed by atoms with E-state index in [0.29, 0.717) is 5.56 Å². The Bertz CT molecular complexity index is 1280. The monoisotopic (exact) mass is 409 g/mol. The molecular weight excluding hydrogens is 386 g/mol. The van der Waals surface area contributed by atoms with Crippen molar-refractivity contribution in [3.8, 4) is 28.6 Å². The number of hydrogen-bond donors (Lipinski definition) is 1. The van der Waals surface area contributed by atoms with Crippen LogP contribution in [0.5, 0.6) is 0 Å². The van der Waals surface area contributed by atoms with Gasteiger partial charge in [-0.2, -0.15) is 10.4 Å². The lowest BCUT2D eigenvalue weighted by Crippen LogP contribution is -2.40. The van der Waals surface area contributed by atoms with Crippen LogP contribution in [-0.2, 0) is 7.05 Å². The minimum atomic E-state index is 0.257. The molecule has 0 amide bonds. The Hall–Kier alpha value is -3.76. The van der Waals surface area contributed by atoms with Crippen molar-refractivity contribution in [1.29, 1.82) is 5.26 Å². The molecule has 5 rings (SSSR count). The second-order valence-electron chi connectivity index (χ2n) is 8.02. The molecule has 0 spiro atoms. The molecule has 4 aromatic rings. The lowest BCUT2D eigenvalue weighted by Gasteiger charge is -2.31. The van der Waals surface area contributed by atoms with E-state index in [0.717, 1.165) is 65.2 Å². The van der Waals surface area contributed by atoms with E-state index < -0.39 is 0 Å².